The molecule has 0 aliphatic heterocycles. The average Bonchev–Trinajstić information content (AvgIpc) is 2.47. The van der Waals surface area contributed by atoms with Crippen LogP contribution in [0.4, 0.5) is 15.8 Å². The van der Waals surface area contributed by atoms with Crippen LogP contribution in [0.1, 0.15) is 5.56 Å². The number of carbonyl (C=O) groups excluding carboxylic acids is 1. The zero-order valence-corrected chi connectivity index (χ0v) is 11.9. The molecule has 112 valence electrons. The van der Waals surface area contributed by atoms with E-state index in [0.29, 0.717) is 0 Å². The minimum Gasteiger partial charge on any atom is -0.317 e. The van der Waals surface area contributed by atoms with E-state index in [0.717, 1.165) is 6.08 Å². The lowest BCUT2D eigenvalue weighted by Gasteiger charge is -2.03. The molecule has 0 bridgehead atoms. The number of nitro benzene ring substituents is 1. The normalized spacial score (nSPS) is 10.6. The first-order chi connectivity index (χ1) is 10.5. The highest BCUT2D eigenvalue weighted by Gasteiger charge is 2.13. The number of para-hydroxylation sites is 2. The van der Waals surface area contributed by atoms with E-state index in [4.69, 9.17) is 11.6 Å². The van der Waals surface area contributed by atoms with Gasteiger partial charge in [-0.15, -0.1) is 0 Å². The van der Waals surface area contributed by atoms with Crippen molar-refractivity contribution in [1.29, 1.82) is 0 Å². The fraction of sp³-hybridized carbons (Fsp3) is 0. The first kappa shape index (κ1) is 15.7. The third-order valence-electron chi connectivity index (χ3n) is 2.76. The molecule has 0 aromatic heterocycles. The standard InChI is InChI=1S/C15H10ClFN2O3/c16-11-4-3-5-12(17)10(11)8-9-15(20)18-13-6-1-2-7-14(13)19(21)22/h1-9H,(H,18,20). The Morgan fingerprint density at radius 3 is 2.64 bits per heavy atom. The van der Waals surface area contributed by atoms with Crippen molar-refractivity contribution in [3.8, 4) is 0 Å². The molecule has 7 heteroatoms. The van der Waals surface area contributed by atoms with Gasteiger partial charge in [0.1, 0.15) is 11.5 Å². The molecular formula is C15H10ClFN2O3. The molecule has 1 N–H and O–H groups in total. The number of nitro groups is 1. The van der Waals surface area contributed by atoms with Crippen molar-refractivity contribution >= 4 is 35.0 Å². The van der Waals surface area contributed by atoms with Crippen molar-refractivity contribution in [3.05, 3.63) is 75.1 Å². The molecule has 0 radical (unpaired) electrons. The Kier molecular flexibility index (Phi) is 4.85. The molecule has 2 aromatic carbocycles. The summed E-state index contributed by atoms with van der Waals surface area (Å²) in [6, 6.07) is 9.87. The summed E-state index contributed by atoms with van der Waals surface area (Å²) < 4.78 is 13.5. The fourth-order valence-electron chi connectivity index (χ4n) is 1.74. The molecule has 5 nitrogen and oxygen atoms in total. The molecule has 22 heavy (non-hydrogen) atoms. The van der Waals surface area contributed by atoms with Crippen LogP contribution in [0.2, 0.25) is 5.02 Å². The number of carbonyl (C=O) groups is 1. The van der Waals surface area contributed by atoms with Crippen LogP contribution in [0.25, 0.3) is 6.08 Å². The molecule has 0 saturated carbocycles. The van der Waals surface area contributed by atoms with Gasteiger partial charge in [-0.05, 0) is 24.3 Å². The lowest BCUT2D eigenvalue weighted by molar-refractivity contribution is -0.383. The third kappa shape index (κ3) is 3.67. The van der Waals surface area contributed by atoms with Crippen LogP contribution < -0.4 is 5.32 Å². The topological polar surface area (TPSA) is 72.2 Å². The zero-order valence-electron chi connectivity index (χ0n) is 11.1. The van der Waals surface area contributed by atoms with Crippen molar-refractivity contribution in [3.63, 3.8) is 0 Å². The summed E-state index contributed by atoms with van der Waals surface area (Å²) in [7, 11) is 0. The van der Waals surface area contributed by atoms with Gasteiger partial charge < -0.3 is 5.32 Å². The highest BCUT2D eigenvalue weighted by molar-refractivity contribution is 6.32. The SMILES string of the molecule is O=C(C=Cc1c(F)cccc1Cl)Nc1ccccc1[N+](=O)[O-]. The Labute approximate surface area is 130 Å². The van der Waals surface area contributed by atoms with E-state index in [1.54, 1.807) is 6.07 Å². The summed E-state index contributed by atoms with van der Waals surface area (Å²) in [5.74, 6) is -1.20. The molecule has 0 aliphatic rings. The molecule has 1 amide bonds. The van der Waals surface area contributed by atoms with Gasteiger partial charge in [0.25, 0.3) is 5.69 Å². The monoisotopic (exact) mass is 320 g/mol. The highest BCUT2D eigenvalue weighted by atomic mass is 35.5. The lowest BCUT2D eigenvalue weighted by Crippen LogP contribution is -2.09. The number of nitrogens with one attached hydrogen (secondary N) is 1. The molecule has 2 aromatic rings. The highest BCUT2D eigenvalue weighted by Crippen LogP contribution is 2.23. The molecule has 0 heterocycles. The number of hydrogen-bond donors (Lipinski definition) is 1. The second-order valence-electron chi connectivity index (χ2n) is 4.23. The molecule has 0 saturated heterocycles. The van der Waals surface area contributed by atoms with Crippen molar-refractivity contribution in [2.24, 2.45) is 0 Å². The van der Waals surface area contributed by atoms with Crippen LogP contribution in [-0.4, -0.2) is 10.8 Å². The summed E-state index contributed by atoms with van der Waals surface area (Å²) in [5.41, 5.74) is -0.100. The molecule has 0 unspecified atom stereocenters. The minimum atomic E-state index is -0.631. The predicted octanol–water partition coefficient (Wildman–Crippen LogP) is 4.04. The maximum Gasteiger partial charge on any atom is 0.292 e. The van der Waals surface area contributed by atoms with Gasteiger partial charge in [0.15, 0.2) is 0 Å². The van der Waals surface area contributed by atoms with E-state index >= 15 is 0 Å². The third-order valence-corrected chi connectivity index (χ3v) is 3.09. The Morgan fingerprint density at radius 2 is 1.95 bits per heavy atom. The van der Waals surface area contributed by atoms with Gasteiger partial charge in [-0.25, -0.2) is 4.39 Å². The first-order valence-corrected chi connectivity index (χ1v) is 6.53. The number of amides is 1. The number of halogens is 2. The van der Waals surface area contributed by atoms with E-state index in [2.05, 4.69) is 5.32 Å². The van der Waals surface area contributed by atoms with E-state index in [-0.39, 0.29) is 22.0 Å². The Balaban J connectivity index is 2.17. The van der Waals surface area contributed by atoms with Crippen LogP contribution in [0.5, 0.6) is 0 Å². The Morgan fingerprint density at radius 1 is 1.23 bits per heavy atom. The van der Waals surface area contributed by atoms with Gasteiger partial charge in [-0.2, -0.15) is 0 Å². The van der Waals surface area contributed by atoms with Crippen molar-refractivity contribution in [2.75, 3.05) is 5.32 Å². The molecular weight excluding hydrogens is 311 g/mol. The van der Waals surface area contributed by atoms with Crippen molar-refractivity contribution < 1.29 is 14.1 Å². The second kappa shape index (κ2) is 6.82. The summed E-state index contributed by atoms with van der Waals surface area (Å²) in [6.07, 6.45) is 2.27. The maximum atomic E-state index is 13.5. The van der Waals surface area contributed by atoms with Crippen LogP contribution in [0, 0.1) is 15.9 Å². The minimum absolute atomic E-state index is 0.0572. The fourth-order valence-corrected chi connectivity index (χ4v) is 1.97. The summed E-state index contributed by atoms with van der Waals surface area (Å²) in [5, 5.41) is 13.4. The molecule has 0 spiro atoms. The molecule has 0 aliphatic carbocycles. The Hall–Kier alpha value is -2.73. The van der Waals surface area contributed by atoms with Crippen molar-refractivity contribution in [1.82, 2.24) is 0 Å². The van der Waals surface area contributed by atoms with Crippen LogP contribution in [0.3, 0.4) is 0 Å². The average molecular weight is 321 g/mol. The van der Waals surface area contributed by atoms with Gasteiger partial charge in [0.2, 0.25) is 5.91 Å². The van der Waals surface area contributed by atoms with E-state index < -0.39 is 16.6 Å². The van der Waals surface area contributed by atoms with Gasteiger partial charge in [-0.3, -0.25) is 14.9 Å². The smallest absolute Gasteiger partial charge is 0.292 e. The molecule has 2 rings (SSSR count). The number of rotatable bonds is 4. The number of anilines is 1. The maximum absolute atomic E-state index is 13.5. The quantitative estimate of drug-likeness (QED) is 0.525. The van der Waals surface area contributed by atoms with Gasteiger partial charge in [0, 0.05) is 17.7 Å². The Bertz CT molecular complexity index is 742. The van der Waals surface area contributed by atoms with Gasteiger partial charge >= 0.3 is 0 Å². The lowest BCUT2D eigenvalue weighted by atomic mass is 10.2. The van der Waals surface area contributed by atoms with Crippen LogP contribution in [-0.2, 0) is 4.79 Å². The van der Waals surface area contributed by atoms with E-state index in [9.17, 15) is 19.3 Å². The van der Waals surface area contributed by atoms with E-state index in [1.807, 2.05) is 0 Å². The summed E-state index contributed by atoms with van der Waals surface area (Å²) >= 11 is 5.83. The largest absolute Gasteiger partial charge is 0.317 e. The van der Waals surface area contributed by atoms with Gasteiger partial charge in [0.05, 0.1) is 9.95 Å². The van der Waals surface area contributed by atoms with Gasteiger partial charge in [-0.1, -0.05) is 29.8 Å². The summed E-state index contributed by atoms with van der Waals surface area (Å²) in [6.45, 7) is 0. The molecule has 0 atom stereocenters. The van der Waals surface area contributed by atoms with E-state index in [1.165, 1.54) is 42.5 Å². The predicted molar refractivity (Wildman–Crippen MR) is 82.2 cm³/mol. The van der Waals surface area contributed by atoms with Crippen LogP contribution in [0.15, 0.2) is 48.5 Å². The number of nitrogens with zero attached hydrogens (tertiary/aromatic N) is 1. The molecule has 0 fully saturated rings. The number of benzene rings is 2. The summed E-state index contributed by atoms with van der Waals surface area (Å²) in [4.78, 5) is 22.0. The second-order valence-corrected chi connectivity index (χ2v) is 4.64. The van der Waals surface area contributed by atoms with Crippen molar-refractivity contribution in [2.45, 2.75) is 0 Å². The first-order valence-electron chi connectivity index (χ1n) is 6.15. The van der Waals surface area contributed by atoms with Crippen LogP contribution >= 0.6 is 11.6 Å². The zero-order chi connectivity index (χ0) is 16.1. The number of hydrogen-bond acceptors (Lipinski definition) is 3.